The maximum Gasteiger partial charge on any atom is 0.336 e. The monoisotopic (exact) mass is 386 g/mol. The van der Waals surface area contributed by atoms with Gasteiger partial charge in [0.1, 0.15) is 23.2 Å². The topological polar surface area (TPSA) is 103 Å². The zero-order valence-corrected chi connectivity index (χ0v) is 15.9. The molecule has 0 saturated heterocycles. The normalized spacial score (nSPS) is 11.0. The van der Waals surface area contributed by atoms with Gasteiger partial charge in [-0.1, -0.05) is 30.3 Å². The molecule has 0 aliphatic heterocycles. The maximum absolute atomic E-state index is 12.5. The minimum absolute atomic E-state index is 0.102. The number of rotatable bonds is 5. The third-order valence-electron chi connectivity index (χ3n) is 4.55. The fraction of sp³-hybridized carbons (Fsp3) is 0.0870. The highest BCUT2D eigenvalue weighted by atomic mass is 16.4. The van der Waals surface area contributed by atoms with Gasteiger partial charge >= 0.3 is 5.97 Å². The summed E-state index contributed by atoms with van der Waals surface area (Å²) in [5, 5.41) is 21.5. The van der Waals surface area contributed by atoms with Crippen molar-refractivity contribution in [1.82, 2.24) is 0 Å². The fourth-order valence-electron chi connectivity index (χ4n) is 2.83. The van der Waals surface area contributed by atoms with E-state index in [1.807, 2.05) is 32.0 Å². The number of carboxylic acid groups (broad SMARTS) is 1. The fourth-order valence-corrected chi connectivity index (χ4v) is 2.83. The molecule has 0 aliphatic rings. The van der Waals surface area contributed by atoms with Crippen LogP contribution in [0.5, 0.6) is 0 Å². The number of carbonyl (C=O) groups excluding carboxylic acids is 1. The standard InChI is InChI=1S/C23H18N2O4/c1-14-6-5-9-20(15(14)2)25-22(26)16(13-24)12-17-10-11-21(29-17)18-7-3-4-8-19(18)23(27)28/h3-12H,1-2H3,(H,25,26)(H,27,28)/b16-12+. The predicted molar refractivity (Wildman–Crippen MR) is 109 cm³/mol. The van der Waals surface area contributed by atoms with Gasteiger partial charge < -0.3 is 14.8 Å². The van der Waals surface area contributed by atoms with E-state index >= 15 is 0 Å². The number of furan rings is 1. The molecule has 3 rings (SSSR count). The van der Waals surface area contributed by atoms with Crippen LogP contribution in [0.3, 0.4) is 0 Å². The van der Waals surface area contributed by atoms with Gasteiger partial charge in [-0.15, -0.1) is 0 Å². The summed E-state index contributed by atoms with van der Waals surface area (Å²) < 4.78 is 5.67. The van der Waals surface area contributed by atoms with Crippen molar-refractivity contribution in [1.29, 1.82) is 5.26 Å². The lowest BCUT2D eigenvalue weighted by Crippen LogP contribution is -2.14. The van der Waals surface area contributed by atoms with Gasteiger partial charge in [0.2, 0.25) is 0 Å². The third kappa shape index (κ3) is 4.25. The molecule has 1 heterocycles. The van der Waals surface area contributed by atoms with Crippen molar-refractivity contribution in [2.45, 2.75) is 13.8 Å². The molecule has 3 aromatic rings. The number of amides is 1. The molecule has 0 aliphatic carbocycles. The Bertz CT molecular complexity index is 1170. The second kappa shape index (κ2) is 8.28. The predicted octanol–water partition coefficient (Wildman–Crippen LogP) is 4.81. The average molecular weight is 386 g/mol. The van der Waals surface area contributed by atoms with Crippen LogP contribution in [0.1, 0.15) is 27.2 Å². The molecular formula is C23H18N2O4. The van der Waals surface area contributed by atoms with E-state index in [4.69, 9.17) is 4.42 Å². The Labute approximate surface area is 167 Å². The Morgan fingerprint density at radius 1 is 1.07 bits per heavy atom. The number of anilines is 1. The number of aromatic carboxylic acids is 1. The van der Waals surface area contributed by atoms with Crippen LogP contribution in [-0.4, -0.2) is 17.0 Å². The summed E-state index contributed by atoms with van der Waals surface area (Å²) >= 11 is 0. The molecule has 144 valence electrons. The number of nitrogens with one attached hydrogen (secondary N) is 1. The van der Waals surface area contributed by atoms with E-state index in [0.717, 1.165) is 11.1 Å². The quantitative estimate of drug-likeness (QED) is 0.484. The summed E-state index contributed by atoms with van der Waals surface area (Å²) in [6, 6.07) is 17.0. The number of nitriles is 1. The van der Waals surface area contributed by atoms with Crippen molar-refractivity contribution in [3.05, 3.63) is 82.6 Å². The largest absolute Gasteiger partial charge is 0.478 e. The van der Waals surface area contributed by atoms with Crippen LogP contribution in [0.15, 0.2) is 64.6 Å². The number of carbonyl (C=O) groups is 2. The minimum atomic E-state index is -1.07. The van der Waals surface area contributed by atoms with Gasteiger partial charge in [0.25, 0.3) is 5.91 Å². The molecule has 0 radical (unpaired) electrons. The van der Waals surface area contributed by atoms with E-state index in [0.29, 0.717) is 17.0 Å². The van der Waals surface area contributed by atoms with Crippen LogP contribution in [0, 0.1) is 25.2 Å². The summed E-state index contributed by atoms with van der Waals surface area (Å²) in [7, 11) is 0. The van der Waals surface area contributed by atoms with Crippen molar-refractivity contribution in [2.24, 2.45) is 0 Å². The van der Waals surface area contributed by atoms with Crippen molar-refractivity contribution in [3.8, 4) is 17.4 Å². The van der Waals surface area contributed by atoms with E-state index in [2.05, 4.69) is 5.32 Å². The first-order valence-corrected chi connectivity index (χ1v) is 8.82. The molecule has 2 aromatic carbocycles. The van der Waals surface area contributed by atoms with Crippen molar-refractivity contribution >= 4 is 23.6 Å². The molecule has 0 bridgehead atoms. The minimum Gasteiger partial charge on any atom is -0.478 e. The lowest BCUT2D eigenvalue weighted by molar-refractivity contribution is -0.112. The van der Waals surface area contributed by atoms with Crippen LogP contribution in [0.25, 0.3) is 17.4 Å². The van der Waals surface area contributed by atoms with Crippen LogP contribution in [-0.2, 0) is 4.79 Å². The molecule has 1 aromatic heterocycles. The highest BCUT2D eigenvalue weighted by molar-refractivity contribution is 6.09. The Kier molecular flexibility index (Phi) is 5.61. The van der Waals surface area contributed by atoms with E-state index in [9.17, 15) is 20.0 Å². The Hall–Kier alpha value is -4.11. The third-order valence-corrected chi connectivity index (χ3v) is 4.55. The van der Waals surface area contributed by atoms with Gasteiger partial charge in [0.15, 0.2) is 0 Å². The number of nitrogens with zero attached hydrogens (tertiary/aromatic N) is 1. The van der Waals surface area contributed by atoms with Gasteiger partial charge in [-0.2, -0.15) is 5.26 Å². The number of hydrogen-bond donors (Lipinski definition) is 2. The summed E-state index contributed by atoms with van der Waals surface area (Å²) in [5.74, 6) is -1.01. The summed E-state index contributed by atoms with van der Waals surface area (Å²) in [5.41, 5.74) is 2.97. The first-order chi connectivity index (χ1) is 13.9. The Morgan fingerprint density at radius 2 is 1.83 bits per heavy atom. The Morgan fingerprint density at radius 3 is 2.55 bits per heavy atom. The van der Waals surface area contributed by atoms with Crippen molar-refractivity contribution in [3.63, 3.8) is 0 Å². The zero-order chi connectivity index (χ0) is 21.0. The van der Waals surface area contributed by atoms with Crippen LogP contribution < -0.4 is 5.32 Å². The van der Waals surface area contributed by atoms with Crippen LogP contribution in [0.4, 0.5) is 5.69 Å². The summed E-state index contributed by atoms with van der Waals surface area (Å²) in [6.45, 7) is 3.82. The molecule has 0 atom stereocenters. The molecule has 0 spiro atoms. The number of aryl methyl sites for hydroxylation is 1. The van der Waals surface area contributed by atoms with Gasteiger partial charge in [-0.05, 0) is 49.2 Å². The second-order valence-electron chi connectivity index (χ2n) is 6.42. The van der Waals surface area contributed by atoms with Gasteiger partial charge in [-0.25, -0.2) is 4.79 Å². The van der Waals surface area contributed by atoms with Crippen molar-refractivity contribution < 1.29 is 19.1 Å². The van der Waals surface area contributed by atoms with Gasteiger partial charge in [0.05, 0.1) is 5.56 Å². The van der Waals surface area contributed by atoms with E-state index in [-0.39, 0.29) is 16.9 Å². The number of carboxylic acids is 1. The number of hydrogen-bond acceptors (Lipinski definition) is 4. The van der Waals surface area contributed by atoms with Crippen molar-refractivity contribution in [2.75, 3.05) is 5.32 Å². The molecule has 0 saturated carbocycles. The summed E-state index contributed by atoms with van der Waals surface area (Å²) in [4.78, 5) is 23.9. The van der Waals surface area contributed by atoms with E-state index < -0.39 is 11.9 Å². The number of benzene rings is 2. The SMILES string of the molecule is Cc1cccc(NC(=O)/C(C#N)=C/c2ccc(-c3ccccc3C(=O)O)o2)c1C. The Balaban J connectivity index is 1.88. The van der Waals surface area contributed by atoms with Gasteiger partial charge in [0, 0.05) is 17.3 Å². The van der Waals surface area contributed by atoms with E-state index in [1.54, 1.807) is 36.4 Å². The summed E-state index contributed by atoms with van der Waals surface area (Å²) in [6.07, 6.45) is 1.33. The molecule has 6 nitrogen and oxygen atoms in total. The average Bonchev–Trinajstić information content (AvgIpc) is 3.18. The maximum atomic E-state index is 12.5. The highest BCUT2D eigenvalue weighted by Crippen LogP contribution is 2.27. The molecule has 1 amide bonds. The molecule has 2 N–H and O–H groups in total. The van der Waals surface area contributed by atoms with E-state index in [1.165, 1.54) is 12.1 Å². The molecule has 29 heavy (non-hydrogen) atoms. The lowest BCUT2D eigenvalue weighted by Gasteiger charge is -2.09. The first kappa shape index (κ1) is 19.6. The molecule has 0 fully saturated rings. The first-order valence-electron chi connectivity index (χ1n) is 8.82. The van der Waals surface area contributed by atoms with Crippen LogP contribution >= 0.6 is 0 Å². The zero-order valence-electron chi connectivity index (χ0n) is 15.9. The molecule has 6 heteroatoms. The van der Waals surface area contributed by atoms with Crippen LogP contribution in [0.2, 0.25) is 0 Å². The highest BCUT2D eigenvalue weighted by Gasteiger charge is 2.15. The van der Waals surface area contributed by atoms with Gasteiger partial charge in [-0.3, -0.25) is 4.79 Å². The smallest absolute Gasteiger partial charge is 0.336 e. The second-order valence-corrected chi connectivity index (χ2v) is 6.42. The molecular weight excluding hydrogens is 368 g/mol. The molecule has 0 unspecified atom stereocenters. The lowest BCUT2D eigenvalue weighted by atomic mass is 10.1.